The fourth-order valence-electron chi connectivity index (χ4n) is 3.22. The van der Waals surface area contributed by atoms with Gasteiger partial charge in [0.05, 0.1) is 0 Å². The van der Waals surface area contributed by atoms with E-state index >= 15 is 0 Å². The number of piperidine rings is 1. The lowest BCUT2D eigenvalue weighted by Crippen LogP contribution is -2.37. The number of aromatic nitrogens is 1. The molecule has 1 N–H and O–H groups in total. The highest BCUT2D eigenvalue weighted by molar-refractivity contribution is 5.95. The first kappa shape index (κ1) is 18.9. The van der Waals surface area contributed by atoms with E-state index in [2.05, 4.69) is 12.2 Å². The van der Waals surface area contributed by atoms with E-state index in [1.165, 1.54) is 10.6 Å². The van der Waals surface area contributed by atoms with Crippen molar-refractivity contribution in [1.82, 2.24) is 9.47 Å². The molecule has 0 spiro atoms. The van der Waals surface area contributed by atoms with Gasteiger partial charge in [0.15, 0.2) is 0 Å². The Morgan fingerprint density at radius 1 is 1.07 bits per heavy atom. The summed E-state index contributed by atoms with van der Waals surface area (Å²) in [5.41, 5.74) is 1.92. The molecule has 3 rings (SSSR count). The van der Waals surface area contributed by atoms with Crippen molar-refractivity contribution in [1.29, 1.82) is 0 Å². The van der Waals surface area contributed by atoms with Crippen LogP contribution >= 0.6 is 0 Å². The van der Waals surface area contributed by atoms with E-state index in [9.17, 15) is 14.4 Å². The van der Waals surface area contributed by atoms with Crippen molar-refractivity contribution in [2.45, 2.75) is 33.2 Å². The van der Waals surface area contributed by atoms with Crippen LogP contribution in [-0.2, 0) is 11.3 Å². The summed E-state index contributed by atoms with van der Waals surface area (Å²) in [6, 6.07) is 10.1. The minimum absolute atomic E-state index is 0.0334. The van der Waals surface area contributed by atoms with Crippen molar-refractivity contribution >= 4 is 17.5 Å². The summed E-state index contributed by atoms with van der Waals surface area (Å²) < 4.78 is 1.37. The normalized spacial score (nSPS) is 14.8. The highest BCUT2D eigenvalue weighted by Gasteiger charge is 2.21. The summed E-state index contributed by atoms with van der Waals surface area (Å²) in [7, 11) is 0. The standard InChI is InChI=1S/C21H25N3O3/c1-15-9-11-23(12-10-15)21(27)17-4-6-18(7-5-17)22-19(25)14-24-13-16(2)3-8-20(24)26/h3-8,13,15H,9-12,14H2,1-2H3,(H,22,25). The maximum Gasteiger partial charge on any atom is 0.253 e. The average Bonchev–Trinajstić information content (AvgIpc) is 2.65. The highest BCUT2D eigenvalue weighted by Crippen LogP contribution is 2.19. The van der Waals surface area contributed by atoms with E-state index in [-0.39, 0.29) is 23.9 Å². The predicted octanol–water partition coefficient (Wildman–Crippen LogP) is 2.67. The van der Waals surface area contributed by atoms with Crippen LogP contribution in [0.25, 0.3) is 0 Å². The Bertz CT molecular complexity index is 878. The van der Waals surface area contributed by atoms with Crippen LogP contribution in [0.15, 0.2) is 47.4 Å². The molecule has 0 saturated carbocycles. The van der Waals surface area contributed by atoms with E-state index in [1.807, 2.05) is 11.8 Å². The van der Waals surface area contributed by atoms with Gasteiger partial charge in [-0.1, -0.05) is 13.0 Å². The van der Waals surface area contributed by atoms with Crippen LogP contribution in [0, 0.1) is 12.8 Å². The van der Waals surface area contributed by atoms with Crippen molar-refractivity contribution < 1.29 is 9.59 Å². The molecule has 2 aromatic rings. The molecule has 142 valence electrons. The summed E-state index contributed by atoms with van der Waals surface area (Å²) in [4.78, 5) is 38.4. The SMILES string of the molecule is Cc1ccc(=O)n(CC(=O)Nc2ccc(C(=O)N3CCC(C)CC3)cc2)c1. The number of carbonyl (C=O) groups is 2. The fourth-order valence-corrected chi connectivity index (χ4v) is 3.22. The van der Waals surface area contributed by atoms with Gasteiger partial charge in [-0.05, 0) is 55.5 Å². The number of rotatable bonds is 4. The van der Waals surface area contributed by atoms with Gasteiger partial charge < -0.3 is 14.8 Å². The van der Waals surface area contributed by atoms with Gasteiger partial charge in [0.25, 0.3) is 11.5 Å². The number of nitrogens with one attached hydrogen (secondary N) is 1. The molecule has 1 aliphatic heterocycles. The molecule has 0 radical (unpaired) electrons. The number of likely N-dealkylation sites (tertiary alicyclic amines) is 1. The average molecular weight is 367 g/mol. The Morgan fingerprint density at radius 3 is 2.41 bits per heavy atom. The minimum Gasteiger partial charge on any atom is -0.339 e. The maximum absolute atomic E-state index is 12.6. The lowest BCUT2D eigenvalue weighted by Gasteiger charge is -2.30. The molecule has 6 heteroatoms. The molecule has 1 saturated heterocycles. The third kappa shape index (κ3) is 4.84. The largest absolute Gasteiger partial charge is 0.339 e. The number of nitrogens with zero attached hydrogens (tertiary/aromatic N) is 2. The van der Waals surface area contributed by atoms with Crippen LogP contribution in [0.4, 0.5) is 5.69 Å². The van der Waals surface area contributed by atoms with Gasteiger partial charge in [-0.25, -0.2) is 0 Å². The van der Waals surface area contributed by atoms with E-state index in [4.69, 9.17) is 0 Å². The Morgan fingerprint density at radius 2 is 1.74 bits per heavy atom. The van der Waals surface area contributed by atoms with Gasteiger partial charge in [0.2, 0.25) is 5.91 Å². The third-order valence-corrected chi connectivity index (χ3v) is 4.93. The molecule has 27 heavy (non-hydrogen) atoms. The Hall–Kier alpha value is -2.89. The van der Waals surface area contributed by atoms with Crippen molar-refractivity contribution in [3.63, 3.8) is 0 Å². The number of hydrogen-bond donors (Lipinski definition) is 1. The molecule has 0 unspecified atom stereocenters. The summed E-state index contributed by atoms with van der Waals surface area (Å²) in [6.45, 7) is 5.62. The zero-order valence-corrected chi connectivity index (χ0v) is 15.8. The number of hydrogen-bond acceptors (Lipinski definition) is 3. The monoisotopic (exact) mass is 367 g/mol. The van der Waals surface area contributed by atoms with Crippen LogP contribution in [0.5, 0.6) is 0 Å². The van der Waals surface area contributed by atoms with Crippen molar-refractivity contribution in [3.8, 4) is 0 Å². The highest BCUT2D eigenvalue weighted by atomic mass is 16.2. The van der Waals surface area contributed by atoms with E-state index in [0.717, 1.165) is 31.5 Å². The molecular formula is C21H25N3O3. The first-order valence-corrected chi connectivity index (χ1v) is 9.28. The van der Waals surface area contributed by atoms with Gasteiger partial charge in [-0.2, -0.15) is 0 Å². The maximum atomic E-state index is 12.6. The van der Waals surface area contributed by atoms with Crippen LogP contribution < -0.4 is 10.9 Å². The molecule has 1 aromatic carbocycles. The fraction of sp³-hybridized carbons (Fsp3) is 0.381. The Labute approximate surface area is 158 Å². The smallest absolute Gasteiger partial charge is 0.253 e. The molecule has 2 heterocycles. The molecule has 0 bridgehead atoms. The topological polar surface area (TPSA) is 71.4 Å². The predicted molar refractivity (Wildman–Crippen MR) is 105 cm³/mol. The number of carbonyl (C=O) groups excluding carboxylic acids is 2. The number of aryl methyl sites for hydroxylation is 1. The number of pyridine rings is 1. The third-order valence-electron chi connectivity index (χ3n) is 4.93. The molecule has 1 aromatic heterocycles. The van der Waals surface area contributed by atoms with Crippen LogP contribution in [0.1, 0.15) is 35.7 Å². The first-order valence-electron chi connectivity index (χ1n) is 9.28. The zero-order valence-electron chi connectivity index (χ0n) is 15.8. The van der Waals surface area contributed by atoms with Crippen molar-refractivity contribution in [2.75, 3.05) is 18.4 Å². The molecular weight excluding hydrogens is 342 g/mol. The van der Waals surface area contributed by atoms with Crippen molar-refractivity contribution in [2.24, 2.45) is 5.92 Å². The molecule has 2 amide bonds. The van der Waals surface area contributed by atoms with Crippen molar-refractivity contribution in [3.05, 3.63) is 64.1 Å². The van der Waals surface area contributed by atoms with Gasteiger partial charge >= 0.3 is 0 Å². The summed E-state index contributed by atoms with van der Waals surface area (Å²) in [6.07, 6.45) is 3.74. The summed E-state index contributed by atoms with van der Waals surface area (Å²) in [5.74, 6) is 0.422. The first-order chi connectivity index (χ1) is 12.9. The number of amides is 2. The second kappa shape index (κ2) is 8.20. The summed E-state index contributed by atoms with van der Waals surface area (Å²) >= 11 is 0. The minimum atomic E-state index is -0.285. The molecule has 1 aliphatic rings. The molecule has 0 atom stereocenters. The second-order valence-electron chi connectivity index (χ2n) is 7.27. The lowest BCUT2D eigenvalue weighted by molar-refractivity contribution is -0.116. The lowest BCUT2D eigenvalue weighted by atomic mass is 9.98. The summed E-state index contributed by atoms with van der Waals surface area (Å²) in [5, 5.41) is 2.77. The zero-order chi connectivity index (χ0) is 19.4. The van der Waals surface area contributed by atoms with E-state index in [0.29, 0.717) is 17.2 Å². The van der Waals surface area contributed by atoms with Crippen LogP contribution in [-0.4, -0.2) is 34.4 Å². The molecule has 0 aliphatic carbocycles. The Balaban J connectivity index is 1.60. The second-order valence-corrected chi connectivity index (χ2v) is 7.27. The van der Waals surface area contributed by atoms with E-state index in [1.54, 1.807) is 36.5 Å². The molecule has 1 fully saturated rings. The Kier molecular flexibility index (Phi) is 5.74. The number of benzene rings is 1. The molecule has 6 nitrogen and oxygen atoms in total. The van der Waals surface area contributed by atoms with Gasteiger partial charge in [0, 0.05) is 36.6 Å². The van der Waals surface area contributed by atoms with Gasteiger partial charge in [0.1, 0.15) is 6.54 Å². The van der Waals surface area contributed by atoms with Crippen LogP contribution in [0.2, 0.25) is 0 Å². The van der Waals surface area contributed by atoms with Gasteiger partial charge in [-0.3, -0.25) is 14.4 Å². The number of anilines is 1. The van der Waals surface area contributed by atoms with E-state index < -0.39 is 0 Å². The van der Waals surface area contributed by atoms with Gasteiger partial charge in [-0.15, -0.1) is 0 Å². The quantitative estimate of drug-likeness (QED) is 0.903. The van der Waals surface area contributed by atoms with Crippen LogP contribution in [0.3, 0.4) is 0 Å².